The number of hydrogen-bond donors (Lipinski definition) is 2. The predicted octanol–water partition coefficient (Wildman–Crippen LogP) is 0.717. The predicted molar refractivity (Wildman–Crippen MR) is 50.3 cm³/mol. The molecular weight excluding hydrogens is 168 g/mol. The molecule has 4 nitrogen and oxygen atoms in total. The summed E-state index contributed by atoms with van der Waals surface area (Å²) in [5, 5.41) is 2.72. The second kappa shape index (κ2) is 5.07. The fourth-order valence-electron chi connectivity index (χ4n) is 1.88. The van der Waals surface area contributed by atoms with E-state index in [-0.39, 0.29) is 6.09 Å². The Balaban J connectivity index is 2.13. The van der Waals surface area contributed by atoms with Gasteiger partial charge in [-0.05, 0) is 37.6 Å². The highest BCUT2D eigenvalue weighted by molar-refractivity contribution is 5.66. The first-order chi connectivity index (χ1) is 6.26. The second-order valence-corrected chi connectivity index (χ2v) is 3.65. The molecule has 0 aromatic rings. The zero-order valence-corrected chi connectivity index (χ0v) is 8.08. The molecule has 1 saturated carbocycles. The molecule has 76 valence electrons. The van der Waals surface area contributed by atoms with E-state index in [4.69, 9.17) is 5.73 Å². The first-order valence-corrected chi connectivity index (χ1v) is 4.78. The molecule has 4 heteroatoms. The number of amides is 1. The quantitative estimate of drug-likeness (QED) is 0.682. The van der Waals surface area contributed by atoms with E-state index in [1.54, 1.807) is 0 Å². The highest BCUT2D eigenvalue weighted by atomic mass is 16.5. The number of nitrogens with one attached hydrogen (secondary N) is 1. The molecule has 2 atom stereocenters. The van der Waals surface area contributed by atoms with Crippen molar-refractivity contribution in [3.05, 3.63) is 0 Å². The summed E-state index contributed by atoms with van der Waals surface area (Å²) in [6.07, 6.45) is 3.17. The van der Waals surface area contributed by atoms with Crippen LogP contribution in [-0.4, -0.2) is 26.3 Å². The van der Waals surface area contributed by atoms with Crippen molar-refractivity contribution in [1.82, 2.24) is 5.32 Å². The summed E-state index contributed by atoms with van der Waals surface area (Å²) >= 11 is 0. The Hall–Kier alpha value is -0.770. The summed E-state index contributed by atoms with van der Waals surface area (Å²) < 4.78 is 4.49. The van der Waals surface area contributed by atoms with Gasteiger partial charge in [0.1, 0.15) is 0 Å². The van der Waals surface area contributed by atoms with Crippen LogP contribution in [0, 0.1) is 11.8 Å². The minimum absolute atomic E-state index is 0.337. The molecule has 0 saturated heterocycles. The van der Waals surface area contributed by atoms with Gasteiger partial charge in [-0.1, -0.05) is 0 Å². The van der Waals surface area contributed by atoms with E-state index in [1.807, 2.05) is 0 Å². The van der Waals surface area contributed by atoms with Crippen LogP contribution in [-0.2, 0) is 4.74 Å². The molecule has 0 heterocycles. The van der Waals surface area contributed by atoms with E-state index in [1.165, 1.54) is 20.0 Å². The van der Waals surface area contributed by atoms with Gasteiger partial charge in [-0.2, -0.15) is 0 Å². The van der Waals surface area contributed by atoms with Gasteiger partial charge in [-0.15, -0.1) is 0 Å². The van der Waals surface area contributed by atoms with Crippen LogP contribution in [0.5, 0.6) is 0 Å². The van der Waals surface area contributed by atoms with Gasteiger partial charge in [-0.25, -0.2) is 4.79 Å². The maximum atomic E-state index is 10.8. The number of hydrogen-bond acceptors (Lipinski definition) is 3. The molecule has 1 rings (SSSR count). The topological polar surface area (TPSA) is 64.3 Å². The number of methoxy groups -OCH3 is 1. The number of alkyl carbamates (subject to hydrolysis) is 1. The van der Waals surface area contributed by atoms with Crippen molar-refractivity contribution in [3.8, 4) is 0 Å². The molecule has 0 bridgehead atoms. The lowest BCUT2D eigenvalue weighted by Gasteiger charge is -2.10. The lowest BCUT2D eigenvalue weighted by molar-refractivity contribution is 0.169. The van der Waals surface area contributed by atoms with Crippen molar-refractivity contribution in [1.29, 1.82) is 0 Å². The smallest absolute Gasteiger partial charge is 0.406 e. The molecule has 0 radical (unpaired) electrons. The van der Waals surface area contributed by atoms with Crippen LogP contribution in [0.4, 0.5) is 4.79 Å². The molecule has 0 aromatic heterocycles. The van der Waals surface area contributed by atoms with E-state index in [0.717, 1.165) is 19.5 Å². The fourth-order valence-corrected chi connectivity index (χ4v) is 1.88. The van der Waals surface area contributed by atoms with Gasteiger partial charge >= 0.3 is 6.09 Å². The first-order valence-electron chi connectivity index (χ1n) is 4.78. The Bertz CT molecular complexity index is 173. The lowest BCUT2D eigenvalue weighted by Crippen LogP contribution is -2.28. The molecule has 0 aliphatic heterocycles. The van der Waals surface area contributed by atoms with Crippen LogP contribution in [0.15, 0.2) is 0 Å². The summed E-state index contributed by atoms with van der Waals surface area (Å²) in [7, 11) is 1.38. The van der Waals surface area contributed by atoms with Crippen molar-refractivity contribution in [2.75, 3.05) is 20.2 Å². The molecule has 2 unspecified atom stereocenters. The van der Waals surface area contributed by atoms with Crippen molar-refractivity contribution in [3.63, 3.8) is 0 Å². The average molecular weight is 186 g/mol. The molecule has 1 fully saturated rings. The van der Waals surface area contributed by atoms with Crippen LogP contribution in [0.2, 0.25) is 0 Å². The van der Waals surface area contributed by atoms with Crippen molar-refractivity contribution >= 4 is 6.09 Å². The minimum Gasteiger partial charge on any atom is -0.453 e. The molecule has 13 heavy (non-hydrogen) atoms. The van der Waals surface area contributed by atoms with E-state index < -0.39 is 0 Å². The fraction of sp³-hybridized carbons (Fsp3) is 0.889. The van der Waals surface area contributed by atoms with Gasteiger partial charge in [-0.3, -0.25) is 0 Å². The second-order valence-electron chi connectivity index (χ2n) is 3.65. The maximum absolute atomic E-state index is 10.8. The molecule has 1 aliphatic rings. The summed E-state index contributed by atoms with van der Waals surface area (Å²) in [5.41, 5.74) is 5.57. The Labute approximate surface area is 78.8 Å². The molecule has 1 amide bonds. The Kier molecular flexibility index (Phi) is 4.02. The number of nitrogens with two attached hydrogens (primary N) is 1. The van der Waals surface area contributed by atoms with E-state index in [2.05, 4.69) is 10.1 Å². The van der Waals surface area contributed by atoms with E-state index >= 15 is 0 Å². The van der Waals surface area contributed by atoms with Crippen LogP contribution in [0.1, 0.15) is 19.3 Å². The third-order valence-electron chi connectivity index (χ3n) is 2.70. The van der Waals surface area contributed by atoms with Crippen LogP contribution in [0.25, 0.3) is 0 Å². The van der Waals surface area contributed by atoms with Crippen molar-refractivity contribution < 1.29 is 9.53 Å². The summed E-state index contributed by atoms with van der Waals surface area (Å²) in [6, 6.07) is 0. The van der Waals surface area contributed by atoms with Crippen LogP contribution < -0.4 is 11.1 Å². The first kappa shape index (κ1) is 10.3. The number of rotatable bonds is 3. The minimum atomic E-state index is -0.337. The van der Waals surface area contributed by atoms with Gasteiger partial charge < -0.3 is 15.8 Å². The van der Waals surface area contributed by atoms with Gasteiger partial charge in [0.2, 0.25) is 0 Å². The number of carbonyl (C=O) groups excluding carboxylic acids is 1. The Morgan fingerprint density at radius 1 is 1.54 bits per heavy atom. The number of carbonyl (C=O) groups is 1. The highest BCUT2D eigenvalue weighted by Gasteiger charge is 2.23. The normalized spacial score (nSPS) is 27.2. The highest BCUT2D eigenvalue weighted by Crippen LogP contribution is 2.29. The molecule has 3 N–H and O–H groups in total. The van der Waals surface area contributed by atoms with Gasteiger partial charge in [0.05, 0.1) is 7.11 Å². The maximum Gasteiger partial charge on any atom is 0.406 e. The van der Waals surface area contributed by atoms with E-state index in [9.17, 15) is 4.79 Å². The molecule has 0 aromatic carbocycles. The number of ether oxygens (including phenoxy) is 1. The third-order valence-corrected chi connectivity index (χ3v) is 2.70. The summed E-state index contributed by atoms with van der Waals surface area (Å²) in [5.74, 6) is 1.25. The third kappa shape index (κ3) is 3.22. The Morgan fingerprint density at radius 2 is 2.23 bits per heavy atom. The standard InChI is InChI=1S/C9H18N2O2/c1-13-9(12)11-6-8-3-2-7(4-8)5-10/h7-8H,2-6,10H2,1H3,(H,11,12). The van der Waals surface area contributed by atoms with Gasteiger partial charge in [0.25, 0.3) is 0 Å². The summed E-state index contributed by atoms with van der Waals surface area (Å²) in [4.78, 5) is 10.8. The lowest BCUT2D eigenvalue weighted by atomic mass is 10.1. The van der Waals surface area contributed by atoms with Crippen molar-refractivity contribution in [2.45, 2.75) is 19.3 Å². The average Bonchev–Trinajstić information content (AvgIpc) is 2.61. The van der Waals surface area contributed by atoms with Crippen LogP contribution in [0.3, 0.4) is 0 Å². The SMILES string of the molecule is COC(=O)NCC1CCC(CN)C1. The van der Waals surface area contributed by atoms with Crippen molar-refractivity contribution in [2.24, 2.45) is 17.6 Å². The Morgan fingerprint density at radius 3 is 2.77 bits per heavy atom. The van der Waals surface area contributed by atoms with E-state index in [0.29, 0.717) is 11.8 Å². The van der Waals surface area contributed by atoms with Crippen LogP contribution >= 0.6 is 0 Å². The van der Waals surface area contributed by atoms with Gasteiger partial charge in [0.15, 0.2) is 0 Å². The van der Waals surface area contributed by atoms with Gasteiger partial charge in [0, 0.05) is 6.54 Å². The summed E-state index contributed by atoms with van der Waals surface area (Å²) in [6.45, 7) is 1.50. The molecule has 0 spiro atoms. The monoisotopic (exact) mass is 186 g/mol. The molecule has 1 aliphatic carbocycles. The molecular formula is C9H18N2O2. The zero-order chi connectivity index (χ0) is 9.68. The zero-order valence-electron chi connectivity index (χ0n) is 8.08. The largest absolute Gasteiger partial charge is 0.453 e.